The van der Waals surface area contributed by atoms with Crippen LogP contribution in [-0.2, 0) is 0 Å². The van der Waals surface area contributed by atoms with Gasteiger partial charge < -0.3 is 4.74 Å². The molecule has 2 aromatic heterocycles. The first-order chi connectivity index (χ1) is 11.7. The Morgan fingerprint density at radius 3 is 2.71 bits per heavy atom. The van der Waals surface area contributed by atoms with Crippen molar-refractivity contribution in [3.8, 4) is 17.1 Å². The Morgan fingerprint density at radius 2 is 1.88 bits per heavy atom. The molecular formula is C17H12N4O3. The molecule has 2 aromatic carbocycles. The van der Waals surface area contributed by atoms with Crippen LogP contribution in [0.25, 0.3) is 33.2 Å². The number of H-pyrrole nitrogens is 2. The van der Waals surface area contributed by atoms with E-state index in [1.165, 1.54) is 6.20 Å². The van der Waals surface area contributed by atoms with Crippen molar-refractivity contribution in [2.45, 2.75) is 0 Å². The fourth-order valence-corrected chi connectivity index (χ4v) is 2.67. The zero-order valence-corrected chi connectivity index (χ0v) is 12.7. The molecule has 0 aliphatic carbocycles. The second-order valence-corrected chi connectivity index (χ2v) is 5.26. The van der Waals surface area contributed by atoms with Gasteiger partial charge in [-0.15, -0.1) is 0 Å². The van der Waals surface area contributed by atoms with E-state index in [9.17, 15) is 9.59 Å². The molecule has 0 spiro atoms. The summed E-state index contributed by atoms with van der Waals surface area (Å²) in [5, 5.41) is 2.16. The first kappa shape index (κ1) is 14.1. The largest absolute Gasteiger partial charge is 0.497 e. The molecule has 4 aromatic rings. The van der Waals surface area contributed by atoms with Crippen molar-refractivity contribution in [1.82, 2.24) is 19.9 Å². The minimum absolute atomic E-state index is 0.195. The molecule has 0 atom stereocenters. The van der Waals surface area contributed by atoms with Gasteiger partial charge in [-0.1, -0.05) is 24.3 Å². The molecule has 7 heteroatoms. The molecule has 0 bridgehead atoms. The Kier molecular flexibility index (Phi) is 3.13. The summed E-state index contributed by atoms with van der Waals surface area (Å²) in [5.74, 6) is 1.07. The van der Waals surface area contributed by atoms with Crippen LogP contribution in [0.2, 0.25) is 0 Å². The molecule has 0 aliphatic heterocycles. The number of hydrogen-bond donors (Lipinski definition) is 2. The van der Waals surface area contributed by atoms with Gasteiger partial charge in [-0.25, -0.2) is 14.8 Å². The first-order valence-corrected chi connectivity index (χ1v) is 7.22. The van der Waals surface area contributed by atoms with Crippen LogP contribution < -0.4 is 16.0 Å². The normalized spacial score (nSPS) is 11.0. The number of aromatic nitrogens is 4. The Bertz CT molecular complexity index is 1190. The van der Waals surface area contributed by atoms with Gasteiger partial charge in [0.1, 0.15) is 11.1 Å². The third-order valence-corrected chi connectivity index (χ3v) is 3.80. The van der Waals surface area contributed by atoms with Gasteiger partial charge in [-0.3, -0.25) is 14.8 Å². The summed E-state index contributed by atoms with van der Waals surface area (Å²) < 4.78 is 5.34. The van der Waals surface area contributed by atoms with Gasteiger partial charge in [0.15, 0.2) is 11.5 Å². The molecule has 0 saturated carbocycles. The number of ether oxygens (including phenoxy) is 1. The lowest BCUT2D eigenvalue weighted by Crippen LogP contribution is -2.22. The fraction of sp³-hybridized carbons (Fsp3) is 0.0588. The maximum Gasteiger partial charge on any atom is 0.327 e. The Labute approximate surface area is 135 Å². The predicted molar refractivity (Wildman–Crippen MR) is 90.3 cm³/mol. The average Bonchev–Trinajstić information content (AvgIpc) is 2.60. The van der Waals surface area contributed by atoms with E-state index < -0.39 is 11.2 Å². The van der Waals surface area contributed by atoms with Gasteiger partial charge in [0.25, 0.3) is 5.56 Å². The molecule has 0 fully saturated rings. The summed E-state index contributed by atoms with van der Waals surface area (Å²) in [4.78, 5) is 36.6. The molecule has 0 unspecified atom stereocenters. The van der Waals surface area contributed by atoms with E-state index in [1.54, 1.807) is 7.11 Å². The molecule has 4 rings (SSSR count). The summed E-state index contributed by atoms with van der Waals surface area (Å²) in [7, 11) is 1.59. The van der Waals surface area contributed by atoms with Crippen molar-refractivity contribution < 1.29 is 4.74 Å². The number of fused-ring (bicyclic) bond motifs is 2. The Hall–Kier alpha value is -3.48. The lowest BCUT2D eigenvalue weighted by atomic mass is 10.0. The smallest absolute Gasteiger partial charge is 0.327 e. The van der Waals surface area contributed by atoms with E-state index in [2.05, 4.69) is 19.9 Å². The van der Waals surface area contributed by atoms with E-state index in [-0.39, 0.29) is 11.0 Å². The highest BCUT2D eigenvalue weighted by atomic mass is 16.5. The van der Waals surface area contributed by atoms with Gasteiger partial charge in [-0.2, -0.15) is 0 Å². The average molecular weight is 320 g/mol. The number of hydrogen-bond acceptors (Lipinski definition) is 5. The van der Waals surface area contributed by atoms with E-state index >= 15 is 0 Å². The highest BCUT2D eigenvalue weighted by Crippen LogP contribution is 2.31. The summed E-state index contributed by atoms with van der Waals surface area (Å²) in [6.45, 7) is 0. The quantitative estimate of drug-likeness (QED) is 0.587. The van der Waals surface area contributed by atoms with Crippen LogP contribution in [-0.4, -0.2) is 27.0 Å². The molecule has 0 amide bonds. The summed E-state index contributed by atoms with van der Waals surface area (Å²) >= 11 is 0. The van der Waals surface area contributed by atoms with Crippen molar-refractivity contribution in [2.24, 2.45) is 0 Å². The third-order valence-electron chi connectivity index (χ3n) is 3.80. The highest BCUT2D eigenvalue weighted by molar-refractivity contribution is 5.96. The van der Waals surface area contributed by atoms with Crippen LogP contribution in [0.15, 0.2) is 52.2 Å². The lowest BCUT2D eigenvalue weighted by molar-refractivity contribution is 0.415. The topological polar surface area (TPSA) is 101 Å². The Morgan fingerprint density at radius 1 is 1.04 bits per heavy atom. The summed E-state index contributed by atoms with van der Waals surface area (Å²) in [6, 6.07) is 11.5. The second kappa shape index (κ2) is 5.31. The van der Waals surface area contributed by atoms with Crippen LogP contribution >= 0.6 is 0 Å². The van der Waals surface area contributed by atoms with Crippen LogP contribution in [0.4, 0.5) is 0 Å². The van der Waals surface area contributed by atoms with E-state index in [0.29, 0.717) is 11.6 Å². The lowest BCUT2D eigenvalue weighted by Gasteiger charge is -2.09. The fourth-order valence-electron chi connectivity index (χ4n) is 2.67. The van der Waals surface area contributed by atoms with Crippen LogP contribution in [0.5, 0.6) is 5.75 Å². The van der Waals surface area contributed by atoms with Crippen molar-refractivity contribution >= 4 is 21.8 Å². The maximum absolute atomic E-state index is 11.8. The van der Waals surface area contributed by atoms with Gasteiger partial charge in [0.2, 0.25) is 0 Å². The van der Waals surface area contributed by atoms with Crippen molar-refractivity contribution in [2.75, 3.05) is 7.11 Å². The van der Waals surface area contributed by atoms with Gasteiger partial charge in [0, 0.05) is 11.8 Å². The molecule has 2 heterocycles. The van der Waals surface area contributed by atoms with Crippen molar-refractivity contribution in [3.63, 3.8) is 0 Å². The summed E-state index contributed by atoms with van der Waals surface area (Å²) in [5.41, 5.74) is -0.169. The number of nitrogens with zero attached hydrogens (tertiary/aromatic N) is 2. The maximum atomic E-state index is 11.8. The molecule has 24 heavy (non-hydrogen) atoms. The number of aromatic amines is 2. The molecule has 7 nitrogen and oxygen atoms in total. The van der Waals surface area contributed by atoms with Crippen LogP contribution in [0.3, 0.4) is 0 Å². The zero-order valence-electron chi connectivity index (χ0n) is 12.7. The monoisotopic (exact) mass is 320 g/mol. The SMILES string of the molecule is COc1cc(-c2ncc3c(=O)[nH]c(=O)[nH]c3n2)c2ccccc2c1. The first-order valence-electron chi connectivity index (χ1n) is 7.22. The van der Waals surface area contributed by atoms with Gasteiger partial charge in [-0.05, 0) is 22.9 Å². The van der Waals surface area contributed by atoms with Crippen molar-refractivity contribution in [3.05, 3.63) is 63.4 Å². The van der Waals surface area contributed by atoms with Gasteiger partial charge in [0.05, 0.1) is 7.11 Å². The molecule has 2 N–H and O–H groups in total. The van der Waals surface area contributed by atoms with Crippen LogP contribution in [0.1, 0.15) is 0 Å². The third kappa shape index (κ3) is 2.23. The minimum atomic E-state index is -0.604. The molecule has 0 saturated heterocycles. The number of rotatable bonds is 2. The number of benzene rings is 2. The molecule has 0 aliphatic rings. The number of nitrogens with one attached hydrogen (secondary N) is 2. The predicted octanol–water partition coefficient (Wildman–Crippen LogP) is 1.84. The second-order valence-electron chi connectivity index (χ2n) is 5.26. The molecule has 0 radical (unpaired) electrons. The molecule has 118 valence electrons. The van der Waals surface area contributed by atoms with Crippen LogP contribution in [0, 0.1) is 0 Å². The minimum Gasteiger partial charge on any atom is -0.497 e. The summed E-state index contributed by atoms with van der Waals surface area (Å²) in [6.07, 6.45) is 1.40. The number of methoxy groups -OCH3 is 1. The molecular weight excluding hydrogens is 308 g/mol. The van der Waals surface area contributed by atoms with E-state index in [1.807, 2.05) is 36.4 Å². The zero-order chi connectivity index (χ0) is 16.7. The van der Waals surface area contributed by atoms with Crippen molar-refractivity contribution in [1.29, 1.82) is 0 Å². The van der Waals surface area contributed by atoms with Gasteiger partial charge >= 0.3 is 5.69 Å². The standard InChI is InChI=1S/C17H12N4O3/c1-24-10-6-9-4-2-3-5-11(9)12(7-10)14-18-8-13-15(19-14)20-17(23)21-16(13)22/h2-8H,1H3,(H2,18,19,20,21,22,23). The van der Waals surface area contributed by atoms with E-state index in [4.69, 9.17) is 4.74 Å². The van der Waals surface area contributed by atoms with E-state index in [0.717, 1.165) is 16.3 Å². The highest BCUT2D eigenvalue weighted by Gasteiger charge is 2.11. The Balaban J connectivity index is 2.05.